The molecule has 0 amide bonds. The smallest absolute Gasteiger partial charge is 0.419 e. The van der Waals surface area contributed by atoms with Crippen LogP contribution < -0.4 is 10.1 Å². The van der Waals surface area contributed by atoms with Gasteiger partial charge in [-0.3, -0.25) is 4.98 Å². The van der Waals surface area contributed by atoms with Crippen molar-refractivity contribution in [3.8, 4) is 5.75 Å². The van der Waals surface area contributed by atoms with E-state index in [2.05, 4.69) is 44.2 Å². The average molecular weight is 567 g/mol. The van der Waals surface area contributed by atoms with Crippen LogP contribution in [-0.2, 0) is 23.6 Å². The third-order valence-electron chi connectivity index (χ3n) is 7.93. The molecule has 2 aromatic carbocycles. The Bertz CT molecular complexity index is 1320. The molecule has 0 aliphatic heterocycles. The summed E-state index contributed by atoms with van der Waals surface area (Å²) in [6.07, 6.45) is -0.0189. The van der Waals surface area contributed by atoms with Crippen LogP contribution in [0, 0.1) is 11.6 Å². The zero-order valence-corrected chi connectivity index (χ0v) is 23.9. The average Bonchev–Trinajstić information content (AvgIpc) is 2.81. The van der Waals surface area contributed by atoms with Crippen LogP contribution in [0.3, 0.4) is 0 Å². The van der Waals surface area contributed by atoms with Crippen LogP contribution in [-0.4, -0.2) is 32.1 Å². The Labute approximate surface area is 227 Å². The zero-order chi connectivity index (χ0) is 28.6. The summed E-state index contributed by atoms with van der Waals surface area (Å²) < 4.78 is 79.6. The van der Waals surface area contributed by atoms with Crippen LogP contribution in [0.4, 0.5) is 22.0 Å². The maximum absolute atomic E-state index is 15.3. The van der Waals surface area contributed by atoms with E-state index >= 15 is 4.39 Å². The highest BCUT2D eigenvalue weighted by Crippen LogP contribution is 2.37. The molecule has 0 atom stereocenters. The minimum atomic E-state index is -4.79. The number of pyridine rings is 1. The van der Waals surface area contributed by atoms with E-state index in [1.165, 1.54) is 6.07 Å². The number of hydrogen-bond donors (Lipinski definition) is 1. The summed E-state index contributed by atoms with van der Waals surface area (Å²) in [5.41, 5.74) is 0.0488. The van der Waals surface area contributed by atoms with E-state index in [1.54, 1.807) is 18.5 Å². The number of fused-ring (bicyclic) bond motifs is 1. The van der Waals surface area contributed by atoms with Gasteiger partial charge in [-0.25, -0.2) is 8.78 Å². The van der Waals surface area contributed by atoms with E-state index in [0.29, 0.717) is 44.0 Å². The second-order valence-corrected chi connectivity index (χ2v) is 16.5. The van der Waals surface area contributed by atoms with E-state index in [9.17, 15) is 17.6 Å². The number of aromatic nitrogens is 1. The first-order valence-electron chi connectivity index (χ1n) is 13.1. The van der Waals surface area contributed by atoms with E-state index < -0.39 is 25.9 Å². The Balaban J connectivity index is 1.36. The van der Waals surface area contributed by atoms with E-state index in [4.69, 9.17) is 9.16 Å². The summed E-state index contributed by atoms with van der Waals surface area (Å²) in [7, 11) is -1.91. The molecule has 0 saturated heterocycles. The Morgan fingerprint density at radius 3 is 2.38 bits per heavy atom. The molecule has 0 spiro atoms. The maximum Gasteiger partial charge on any atom is 0.419 e. The molecular formula is C29H35F5N2O2Si. The molecule has 39 heavy (non-hydrogen) atoms. The molecule has 1 N–H and O–H groups in total. The minimum absolute atomic E-state index is 0.0199. The van der Waals surface area contributed by atoms with Crippen LogP contribution in [0.5, 0.6) is 5.75 Å². The lowest BCUT2D eigenvalue weighted by molar-refractivity contribution is -0.140. The molecule has 10 heteroatoms. The molecule has 1 fully saturated rings. The standard InChI is InChI=1S/C29H35F5N2O2Si/c1-28(2,3)39(4,5)37-11-9-18-12-27(31)24(22-8-10-35-16-23(18)22)17-36-19-13-21(14-19)38-20-6-7-26(30)25(15-20)29(32,33)34/h6-8,10,12,15-16,19,21,36H,9,11,13-14,17H2,1-5H3/t19-,21-. The van der Waals surface area contributed by atoms with E-state index in [-0.39, 0.29) is 28.8 Å². The fourth-order valence-electron chi connectivity index (χ4n) is 4.44. The largest absolute Gasteiger partial charge is 0.490 e. The monoisotopic (exact) mass is 566 g/mol. The first-order valence-corrected chi connectivity index (χ1v) is 16.0. The number of alkyl halides is 3. The van der Waals surface area contributed by atoms with E-state index in [1.807, 2.05) is 6.07 Å². The van der Waals surface area contributed by atoms with Crippen molar-refractivity contribution in [1.29, 1.82) is 0 Å². The van der Waals surface area contributed by atoms with Gasteiger partial charge in [0.25, 0.3) is 0 Å². The maximum atomic E-state index is 15.3. The summed E-state index contributed by atoms with van der Waals surface area (Å²) in [5, 5.41) is 5.10. The first kappa shape index (κ1) is 29.4. The highest BCUT2D eigenvalue weighted by Gasteiger charge is 2.37. The van der Waals surface area contributed by atoms with Gasteiger partial charge in [-0.15, -0.1) is 0 Å². The van der Waals surface area contributed by atoms with Gasteiger partial charge in [-0.1, -0.05) is 20.8 Å². The second kappa shape index (κ2) is 11.1. The van der Waals surface area contributed by atoms with Gasteiger partial charge in [0.2, 0.25) is 0 Å². The van der Waals surface area contributed by atoms with Crippen LogP contribution in [0.15, 0.2) is 42.7 Å². The molecule has 0 bridgehead atoms. The summed E-state index contributed by atoms with van der Waals surface area (Å²) >= 11 is 0. The normalized spacial score (nSPS) is 18.3. The SMILES string of the molecule is CC(C)(C)[Si](C)(C)OCCc1cc(F)c(CN[C@H]2C[C@H](Oc3ccc(F)c(C(F)(F)F)c3)C2)c2ccncc12. The molecule has 1 heterocycles. The molecule has 1 aliphatic carbocycles. The highest BCUT2D eigenvalue weighted by molar-refractivity contribution is 6.74. The molecule has 4 nitrogen and oxygen atoms in total. The lowest BCUT2D eigenvalue weighted by atomic mass is 9.88. The van der Waals surface area contributed by atoms with Crippen LogP contribution in [0.1, 0.15) is 50.3 Å². The summed E-state index contributed by atoms with van der Waals surface area (Å²) in [5.74, 6) is -1.66. The van der Waals surface area contributed by atoms with Gasteiger partial charge in [0, 0.05) is 42.5 Å². The molecule has 1 saturated carbocycles. The molecule has 4 rings (SSSR count). The first-order chi connectivity index (χ1) is 18.2. The van der Waals surface area contributed by atoms with Gasteiger partial charge in [-0.05, 0) is 78.7 Å². The number of nitrogens with one attached hydrogen (secondary N) is 1. The number of halogens is 5. The number of rotatable bonds is 9. The molecule has 212 valence electrons. The molecule has 1 aromatic heterocycles. The Morgan fingerprint density at radius 1 is 1.00 bits per heavy atom. The Kier molecular flexibility index (Phi) is 8.40. The van der Waals surface area contributed by atoms with Crippen molar-refractivity contribution in [2.75, 3.05) is 6.61 Å². The van der Waals surface area contributed by atoms with Crippen molar-refractivity contribution >= 4 is 19.1 Å². The topological polar surface area (TPSA) is 43.4 Å². The van der Waals surface area contributed by atoms with Crippen molar-refractivity contribution in [2.45, 2.75) is 83.0 Å². The zero-order valence-electron chi connectivity index (χ0n) is 22.9. The van der Waals surface area contributed by atoms with Crippen LogP contribution >= 0.6 is 0 Å². The molecular weight excluding hydrogens is 531 g/mol. The van der Waals surface area contributed by atoms with Crippen molar-refractivity contribution in [1.82, 2.24) is 10.3 Å². The van der Waals surface area contributed by atoms with Crippen molar-refractivity contribution in [3.63, 3.8) is 0 Å². The summed E-state index contributed by atoms with van der Waals surface area (Å²) in [4.78, 5) is 4.25. The van der Waals surface area contributed by atoms with E-state index in [0.717, 1.165) is 22.4 Å². The lowest BCUT2D eigenvalue weighted by Gasteiger charge is -2.36. The predicted molar refractivity (Wildman–Crippen MR) is 144 cm³/mol. The quantitative estimate of drug-likeness (QED) is 0.212. The van der Waals surface area contributed by atoms with Crippen LogP contribution in [0.2, 0.25) is 18.1 Å². The predicted octanol–water partition coefficient (Wildman–Crippen LogP) is 7.80. The Morgan fingerprint density at radius 2 is 1.72 bits per heavy atom. The third kappa shape index (κ3) is 6.78. The number of benzene rings is 2. The van der Waals surface area contributed by atoms with Crippen LogP contribution in [0.25, 0.3) is 10.8 Å². The number of ether oxygens (including phenoxy) is 1. The second-order valence-electron chi connectivity index (χ2n) is 11.7. The fraction of sp³-hybridized carbons (Fsp3) is 0.483. The third-order valence-corrected chi connectivity index (χ3v) is 12.5. The fourth-order valence-corrected chi connectivity index (χ4v) is 5.49. The van der Waals surface area contributed by atoms with Gasteiger partial charge in [0.15, 0.2) is 8.32 Å². The molecule has 0 radical (unpaired) electrons. The number of nitrogens with zero attached hydrogens (tertiary/aromatic N) is 1. The summed E-state index contributed by atoms with van der Waals surface area (Å²) in [6, 6.07) is 6.04. The molecule has 0 unspecified atom stereocenters. The molecule has 1 aliphatic rings. The molecule has 3 aromatic rings. The lowest BCUT2D eigenvalue weighted by Crippen LogP contribution is -2.46. The Hall–Kier alpha value is -2.56. The highest BCUT2D eigenvalue weighted by atomic mass is 28.4. The minimum Gasteiger partial charge on any atom is -0.490 e. The number of hydrogen-bond acceptors (Lipinski definition) is 4. The van der Waals surface area contributed by atoms with Crippen molar-refractivity contribution in [2.24, 2.45) is 0 Å². The van der Waals surface area contributed by atoms with Gasteiger partial charge >= 0.3 is 6.18 Å². The van der Waals surface area contributed by atoms with Crippen molar-refractivity contribution < 1.29 is 31.1 Å². The van der Waals surface area contributed by atoms with Gasteiger partial charge < -0.3 is 14.5 Å². The van der Waals surface area contributed by atoms with Gasteiger partial charge in [0.1, 0.15) is 23.5 Å². The summed E-state index contributed by atoms with van der Waals surface area (Å²) in [6.45, 7) is 11.7. The van der Waals surface area contributed by atoms with Gasteiger partial charge in [0.05, 0.1) is 5.56 Å². The van der Waals surface area contributed by atoms with Gasteiger partial charge in [-0.2, -0.15) is 13.2 Å². The van der Waals surface area contributed by atoms with Crippen molar-refractivity contribution in [3.05, 3.63) is 71.1 Å².